The fraction of sp³-hybridized carbons (Fsp3) is 0.538. The molecule has 1 aliphatic heterocycles. The first-order chi connectivity index (χ1) is 7.68. The lowest BCUT2D eigenvalue weighted by molar-refractivity contribution is -0.132. The van der Waals surface area contributed by atoms with Gasteiger partial charge in [-0.3, -0.25) is 9.78 Å². The molecule has 16 heavy (non-hydrogen) atoms. The molecule has 1 aromatic heterocycles. The number of hydrogen-bond donors (Lipinski definition) is 0. The first-order valence-corrected chi connectivity index (χ1v) is 5.89. The van der Waals surface area contributed by atoms with Crippen molar-refractivity contribution in [3.05, 3.63) is 29.6 Å². The first-order valence-electron chi connectivity index (χ1n) is 5.89. The molecule has 0 aliphatic carbocycles. The van der Waals surface area contributed by atoms with Crippen LogP contribution in [0.3, 0.4) is 0 Å². The average molecular weight is 218 g/mol. The summed E-state index contributed by atoms with van der Waals surface area (Å²) < 4.78 is 0. The second kappa shape index (κ2) is 4.64. The Hall–Kier alpha value is -1.38. The van der Waals surface area contributed by atoms with E-state index in [0.29, 0.717) is 0 Å². The highest BCUT2D eigenvalue weighted by molar-refractivity contribution is 5.73. The van der Waals surface area contributed by atoms with Crippen LogP contribution in [0.25, 0.3) is 0 Å². The Morgan fingerprint density at radius 2 is 2.25 bits per heavy atom. The number of carbonyl (C=O) groups is 1. The second-order valence-electron chi connectivity index (χ2n) is 4.43. The van der Waals surface area contributed by atoms with E-state index in [0.717, 1.165) is 30.8 Å². The summed E-state index contributed by atoms with van der Waals surface area (Å²) in [7, 11) is 0. The van der Waals surface area contributed by atoms with E-state index in [2.05, 4.69) is 4.98 Å². The predicted octanol–water partition coefficient (Wildman–Crippen LogP) is 2.46. The van der Waals surface area contributed by atoms with Crippen molar-refractivity contribution in [3.63, 3.8) is 0 Å². The van der Waals surface area contributed by atoms with Crippen LogP contribution in [0.1, 0.15) is 43.6 Å². The van der Waals surface area contributed by atoms with Gasteiger partial charge in [0.1, 0.15) is 0 Å². The minimum Gasteiger partial charge on any atom is -0.334 e. The molecule has 1 aliphatic rings. The Balaban J connectivity index is 2.26. The predicted molar refractivity (Wildman–Crippen MR) is 63.0 cm³/mol. The SMILES string of the molecule is CC(=O)N1CCCC[C@H]1c1cccc(C)n1. The fourth-order valence-corrected chi connectivity index (χ4v) is 2.37. The van der Waals surface area contributed by atoms with E-state index in [1.807, 2.05) is 30.0 Å². The second-order valence-corrected chi connectivity index (χ2v) is 4.43. The summed E-state index contributed by atoms with van der Waals surface area (Å²) in [6.45, 7) is 4.51. The first kappa shape index (κ1) is 11.1. The fourth-order valence-electron chi connectivity index (χ4n) is 2.37. The molecule has 1 saturated heterocycles. The van der Waals surface area contributed by atoms with Gasteiger partial charge in [-0.1, -0.05) is 6.07 Å². The summed E-state index contributed by atoms with van der Waals surface area (Å²) in [5.74, 6) is 0.160. The van der Waals surface area contributed by atoms with Gasteiger partial charge in [0.05, 0.1) is 11.7 Å². The van der Waals surface area contributed by atoms with Crippen molar-refractivity contribution < 1.29 is 4.79 Å². The van der Waals surface area contributed by atoms with Crippen LogP contribution in [-0.4, -0.2) is 22.3 Å². The molecule has 0 unspecified atom stereocenters. The molecule has 1 fully saturated rings. The molecule has 1 atom stereocenters. The van der Waals surface area contributed by atoms with Crippen LogP contribution >= 0.6 is 0 Å². The molecular weight excluding hydrogens is 200 g/mol. The monoisotopic (exact) mass is 218 g/mol. The molecule has 2 heterocycles. The summed E-state index contributed by atoms with van der Waals surface area (Å²) in [6.07, 6.45) is 3.34. The summed E-state index contributed by atoms with van der Waals surface area (Å²) in [4.78, 5) is 18.1. The third-order valence-corrected chi connectivity index (χ3v) is 3.16. The van der Waals surface area contributed by atoms with Gasteiger partial charge in [-0.05, 0) is 38.3 Å². The smallest absolute Gasteiger partial charge is 0.220 e. The molecule has 86 valence electrons. The quantitative estimate of drug-likeness (QED) is 0.725. The normalized spacial score (nSPS) is 20.9. The van der Waals surface area contributed by atoms with Gasteiger partial charge >= 0.3 is 0 Å². The number of pyridine rings is 1. The Kier molecular flexibility index (Phi) is 3.22. The maximum absolute atomic E-state index is 11.6. The zero-order chi connectivity index (χ0) is 11.5. The summed E-state index contributed by atoms with van der Waals surface area (Å²) in [5, 5.41) is 0. The lowest BCUT2D eigenvalue weighted by Crippen LogP contribution is -2.37. The minimum absolute atomic E-state index is 0.160. The minimum atomic E-state index is 0.160. The van der Waals surface area contributed by atoms with E-state index in [4.69, 9.17) is 0 Å². The number of nitrogens with zero attached hydrogens (tertiary/aromatic N) is 2. The van der Waals surface area contributed by atoms with E-state index in [1.165, 1.54) is 6.42 Å². The topological polar surface area (TPSA) is 33.2 Å². The molecule has 3 nitrogen and oxygen atoms in total. The molecule has 1 amide bonds. The van der Waals surface area contributed by atoms with Crippen LogP contribution < -0.4 is 0 Å². The highest BCUT2D eigenvalue weighted by Gasteiger charge is 2.26. The third kappa shape index (κ3) is 2.23. The molecule has 3 heteroatoms. The van der Waals surface area contributed by atoms with Crippen molar-refractivity contribution in [2.75, 3.05) is 6.54 Å². The number of amides is 1. The number of aromatic nitrogens is 1. The zero-order valence-corrected chi connectivity index (χ0v) is 9.94. The largest absolute Gasteiger partial charge is 0.334 e. The highest BCUT2D eigenvalue weighted by atomic mass is 16.2. The van der Waals surface area contributed by atoms with Gasteiger partial charge < -0.3 is 4.90 Å². The molecule has 0 N–H and O–H groups in total. The molecule has 0 radical (unpaired) electrons. The van der Waals surface area contributed by atoms with E-state index < -0.39 is 0 Å². The van der Waals surface area contributed by atoms with Crippen molar-refractivity contribution in [1.29, 1.82) is 0 Å². The van der Waals surface area contributed by atoms with Crippen LogP contribution in [0.4, 0.5) is 0 Å². The molecule has 0 aromatic carbocycles. The highest BCUT2D eigenvalue weighted by Crippen LogP contribution is 2.29. The maximum atomic E-state index is 11.6. The van der Waals surface area contributed by atoms with Gasteiger partial charge in [-0.2, -0.15) is 0 Å². The van der Waals surface area contributed by atoms with Crippen molar-refractivity contribution in [2.45, 2.75) is 39.2 Å². The van der Waals surface area contributed by atoms with E-state index in [1.54, 1.807) is 6.92 Å². The number of likely N-dealkylation sites (tertiary alicyclic amines) is 1. The molecule has 2 rings (SSSR count). The van der Waals surface area contributed by atoms with Crippen LogP contribution in [0.5, 0.6) is 0 Å². The van der Waals surface area contributed by atoms with Gasteiger partial charge in [0.25, 0.3) is 0 Å². The average Bonchev–Trinajstić information content (AvgIpc) is 2.29. The van der Waals surface area contributed by atoms with Crippen molar-refractivity contribution in [2.24, 2.45) is 0 Å². The molecule has 1 aromatic rings. The number of hydrogen-bond acceptors (Lipinski definition) is 2. The van der Waals surface area contributed by atoms with Crippen LogP contribution in [-0.2, 0) is 4.79 Å². The summed E-state index contributed by atoms with van der Waals surface area (Å²) in [6, 6.07) is 6.22. The molecule has 0 spiro atoms. The standard InChI is InChI=1S/C13H18N2O/c1-10-6-5-7-12(14-10)13-8-3-4-9-15(13)11(2)16/h5-7,13H,3-4,8-9H2,1-2H3/t13-/m0/s1. The van der Waals surface area contributed by atoms with Gasteiger partial charge in [0.15, 0.2) is 0 Å². The number of carbonyl (C=O) groups excluding carboxylic acids is 1. The molecular formula is C13H18N2O. The molecule has 0 bridgehead atoms. The zero-order valence-electron chi connectivity index (χ0n) is 9.94. The van der Waals surface area contributed by atoms with Crippen LogP contribution in [0.15, 0.2) is 18.2 Å². The Morgan fingerprint density at radius 1 is 1.44 bits per heavy atom. The van der Waals surface area contributed by atoms with Crippen LogP contribution in [0.2, 0.25) is 0 Å². The van der Waals surface area contributed by atoms with Crippen molar-refractivity contribution in [1.82, 2.24) is 9.88 Å². The van der Waals surface area contributed by atoms with Gasteiger partial charge in [-0.25, -0.2) is 0 Å². The number of rotatable bonds is 1. The summed E-state index contributed by atoms with van der Waals surface area (Å²) >= 11 is 0. The van der Waals surface area contributed by atoms with Crippen molar-refractivity contribution >= 4 is 5.91 Å². The summed E-state index contributed by atoms with van der Waals surface area (Å²) in [5.41, 5.74) is 2.06. The van der Waals surface area contributed by atoms with Gasteiger partial charge in [0, 0.05) is 19.2 Å². The van der Waals surface area contributed by atoms with Crippen molar-refractivity contribution in [3.8, 4) is 0 Å². The third-order valence-electron chi connectivity index (χ3n) is 3.16. The van der Waals surface area contributed by atoms with E-state index in [9.17, 15) is 4.79 Å². The maximum Gasteiger partial charge on any atom is 0.220 e. The number of piperidine rings is 1. The number of aryl methyl sites for hydroxylation is 1. The molecule has 0 saturated carbocycles. The van der Waals surface area contributed by atoms with E-state index in [-0.39, 0.29) is 11.9 Å². The Bertz CT molecular complexity index is 389. The van der Waals surface area contributed by atoms with Crippen LogP contribution in [0, 0.1) is 6.92 Å². The van der Waals surface area contributed by atoms with Gasteiger partial charge in [0.2, 0.25) is 5.91 Å². The van der Waals surface area contributed by atoms with Gasteiger partial charge in [-0.15, -0.1) is 0 Å². The lowest BCUT2D eigenvalue weighted by atomic mass is 9.98. The Morgan fingerprint density at radius 3 is 2.94 bits per heavy atom. The lowest BCUT2D eigenvalue weighted by Gasteiger charge is -2.34. The Labute approximate surface area is 96.5 Å². The van der Waals surface area contributed by atoms with E-state index >= 15 is 0 Å².